The van der Waals surface area contributed by atoms with Crippen LogP contribution >= 0.6 is 0 Å². The predicted molar refractivity (Wildman–Crippen MR) is 285 cm³/mol. The summed E-state index contributed by atoms with van der Waals surface area (Å²) in [5.74, 6) is 5.29. The molecule has 5 rings (SSSR count). The fourth-order valence-corrected chi connectivity index (χ4v) is 13.9. The first-order valence-electron chi connectivity index (χ1n) is 29.5. The van der Waals surface area contributed by atoms with E-state index in [1.807, 2.05) is 0 Å². The smallest absolute Gasteiger partial charge is 0.0936 e. The molecule has 4 aliphatic carbocycles. The Morgan fingerprint density at radius 2 is 1.32 bits per heavy atom. The van der Waals surface area contributed by atoms with Crippen molar-refractivity contribution < 1.29 is 28.4 Å². The summed E-state index contributed by atoms with van der Waals surface area (Å²) in [5.41, 5.74) is 2.64. The predicted octanol–water partition coefficient (Wildman–Crippen LogP) is 15.2. The number of allylic oxidation sites excluding steroid dienone is 5. The van der Waals surface area contributed by atoms with E-state index in [1.165, 1.54) is 161 Å². The second kappa shape index (κ2) is 33.6. The van der Waals surface area contributed by atoms with Crippen molar-refractivity contribution in [3.63, 3.8) is 0 Å². The molecule has 1 heterocycles. The molecule has 7 nitrogen and oxygen atoms in total. The van der Waals surface area contributed by atoms with E-state index >= 15 is 0 Å². The first kappa shape index (κ1) is 57.8. The minimum Gasteiger partial charge on any atom is -0.379 e. The third kappa shape index (κ3) is 20.1. The Balaban J connectivity index is 0.839. The van der Waals surface area contributed by atoms with Gasteiger partial charge in [-0.25, -0.2) is 0 Å². The molecule has 1 saturated heterocycles. The molecule has 0 spiro atoms. The number of unbranched alkanes of at least 4 members (excludes halogenated alkanes) is 9. The van der Waals surface area contributed by atoms with Gasteiger partial charge in [-0.2, -0.15) is 0 Å². The van der Waals surface area contributed by atoms with Crippen LogP contribution in [0.25, 0.3) is 0 Å². The highest BCUT2D eigenvalue weighted by Crippen LogP contribution is 2.65. The van der Waals surface area contributed by atoms with Gasteiger partial charge in [0.05, 0.1) is 71.7 Å². The number of ether oxygens (including phenoxy) is 6. The third-order valence-corrected chi connectivity index (χ3v) is 17.9. The zero-order chi connectivity index (χ0) is 48.1. The molecule has 1 unspecified atom stereocenters. The van der Waals surface area contributed by atoms with Gasteiger partial charge in [-0.15, -0.1) is 0 Å². The van der Waals surface area contributed by atoms with Gasteiger partial charge < -0.3 is 33.3 Å². The van der Waals surface area contributed by atoms with E-state index in [-0.39, 0.29) is 6.10 Å². The average molecular weight is 953 g/mol. The molecule has 9 atom stereocenters. The first-order chi connectivity index (χ1) is 33.2. The lowest BCUT2D eigenvalue weighted by atomic mass is 9.52. The Morgan fingerprint density at radius 1 is 0.647 bits per heavy atom. The summed E-state index contributed by atoms with van der Waals surface area (Å²) < 4.78 is 36.5. The zero-order valence-electron chi connectivity index (χ0n) is 45.5. The maximum absolute atomic E-state index is 6.47. The molecule has 0 N–H and O–H groups in total. The molecule has 394 valence electrons. The van der Waals surface area contributed by atoms with Gasteiger partial charge in [0.15, 0.2) is 0 Å². The highest BCUT2D eigenvalue weighted by molar-refractivity contribution is 5.25. The van der Waals surface area contributed by atoms with Crippen LogP contribution in [0, 0.1) is 46.3 Å². The molecule has 0 aromatic heterocycles. The molecule has 7 heteroatoms. The molecule has 3 saturated carbocycles. The zero-order valence-corrected chi connectivity index (χ0v) is 45.5. The molecule has 0 radical (unpaired) electrons. The van der Waals surface area contributed by atoms with E-state index in [0.29, 0.717) is 76.4 Å². The summed E-state index contributed by atoms with van der Waals surface area (Å²) in [5, 5.41) is 0. The average Bonchev–Trinajstić information content (AvgIpc) is 3.93. The van der Waals surface area contributed by atoms with Crippen LogP contribution in [-0.4, -0.2) is 103 Å². The van der Waals surface area contributed by atoms with Crippen molar-refractivity contribution in [2.24, 2.45) is 46.3 Å². The monoisotopic (exact) mass is 952 g/mol. The van der Waals surface area contributed by atoms with Gasteiger partial charge in [0.25, 0.3) is 0 Å². The fraction of sp³-hybridized carbons (Fsp3) is 0.902. The van der Waals surface area contributed by atoms with Crippen LogP contribution in [0.4, 0.5) is 0 Å². The SMILES string of the molecule is CCCCC/C=C\C/C=C\CCCCCCCCOCC(CN1CCCC1)OCCOCCOCCOCCO[C@H]1CC[C@@]2(C)C(=CC[C@H]3[C@@H]4CC[C@H]([C@H](C)CCCC(C)C)[C@@]4(C)CCC[C@@H]32)C1. The van der Waals surface area contributed by atoms with E-state index in [4.69, 9.17) is 28.4 Å². The third-order valence-electron chi connectivity index (χ3n) is 17.9. The minimum absolute atomic E-state index is 0.102. The van der Waals surface area contributed by atoms with Crippen molar-refractivity contribution in [1.29, 1.82) is 0 Å². The number of likely N-dealkylation sites (tertiary alicyclic amines) is 1. The van der Waals surface area contributed by atoms with Gasteiger partial charge in [-0.05, 0) is 162 Å². The van der Waals surface area contributed by atoms with Crippen molar-refractivity contribution in [3.8, 4) is 0 Å². The molecule has 0 aromatic carbocycles. The molecular weight excluding hydrogens is 843 g/mol. The van der Waals surface area contributed by atoms with Crippen molar-refractivity contribution >= 4 is 0 Å². The van der Waals surface area contributed by atoms with Gasteiger partial charge in [-0.1, -0.05) is 142 Å². The molecule has 68 heavy (non-hydrogen) atoms. The molecule has 1 aliphatic heterocycles. The normalized spacial score (nSPS) is 28.6. The lowest BCUT2D eigenvalue weighted by Crippen LogP contribution is -2.45. The van der Waals surface area contributed by atoms with E-state index in [1.54, 1.807) is 5.57 Å². The van der Waals surface area contributed by atoms with E-state index in [2.05, 4.69) is 76.8 Å². The summed E-state index contributed by atoms with van der Waals surface area (Å²) in [6.07, 6.45) is 46.7. The second-order valence-corrected chi connectivity index (χ2v) is 23.4. The molecule has 0 amide bonds. The highest BCUT2D eigenvalue weighted by atomic mass is 16.6. The Kier molecular flexibility index (Phi) is 28.6. The van der Waals surface area contributed by atoms with Crippen LogP contribution in [0.2, 0.25) is 0 Å². The van der Waals surface area contributed by atoms with E-state index < -0.39 is 0 Å². The molecule has 4 fully saturated rings. The molecular formula is C61H109NO6. The summed E-state index contributed by atoms with van der Waals surface area (Å²) in [4.78, 5) is 2.52. The molecule has 0 bridgehead atoms. The molecule has 5 aliphatic rings. The van der Waals surface area contributed by atoms with Gasteiger partial charge in [0.2, 0.25) is 0 Å². The van der Waals surface area contributed by atoms with Crippen molar-refractivity contribution in [1.82, 2.24) is 4.90 Å². The standard InChI is InChI=1S/C61H109NO6/c1-7-8-9-10-11-12-13-14-15-16-17-18-19-20-21-24-39-66-50-55(49-62-37-22-23-38-62)68-47-45-65-43-41-63-40-42-64-44-46-67-54-34-36-60(5)53(48-54)30-31-56-58(60)29-26-35-61(6)57(32-33-59(56)61)52(4)28-25-27-51(2)3/h11-12,14-15,30,51-52,54-59H,7-10,13,16-29,31-50H2,1-6H3/b12-11-,15-14-/t52-,54+,55?,56-,57-,58+,59+,60+,61-/m1/s1. The Bertz CT molecular complexity index is 1380. The highest BCUT2D eigenvalue weighted by Gasteiger charge is 2.57. The molecule has 0 aromatic rings. The number of rotatable bonds is 38. The quantitative estimate of drug-likeness (QED) is 0.0451. The first-order valence-corrected chi connectivity index (χ1v) is 29.5. The summed E-state index contributed by atoms with van der Waals surface area (Å²) in [7, 11) is 0. The Labute approximate surface area is 420 Å². The van der Waals surface area contributed by atoms with Crippen molar-refractivity contribution in [2.45, 2.75) is 221 Å². The Hall–Kier alpha value is -1.06. The van der Waals surface area contributed by atoms with Crippen molar-refractivity contribution in [2.75, 3.05) is 85.7 Å². The summed E-state index contributed by atoms with van der Waals surface area (Å²) in [6, 6.07) is 0. The van der Waals surface area contributed by atoms with Crippen LogP contribution in [0.15, 0.2) is 36.0 Å². The van der Waals surface area contributed by atoms with Gasteiger partial charge in [0, 0.05) is 13.2 Å². The number of fused-ring (bicyclic) bond motifs is 5. The van der Waals surface area contributed by atoms with Crippen LogP contribution in [-0.2, 0) is 28.4 Å². The van der Waals surface area contributed by atoms with Crippen LogP contribution in [0.3, 0.4) is 0 Å². The maximum atomic E-state index is 6.47. The topological polar surface area (TPSA) is 58.6 Å². The van der Waals surface area contributed by atoms with Gasteiger partial charge in [0.1, 0.15) is 0 Å². The van der Waals surface area contributed by atoms with Crippen LogP contribution in [0.5, 0.6) is 0 Å². The summed E-state index contributed by atoms with van der Waals surface area (Å²) in [6.45, 7) is 24.6. The van der Waals surface area contributed by atoms with Gasteiger partial charge >= 0.3 is 0 Å². The van der Waals surface area contributed by atoms with Crippen molar-refractivity contribution in [3.05, 3.63) is 36.0 Å². The number of hydrogen-bond donors (Lipinski definition) is 0. The van der Waals surface area contributed by atoms with E-state index in [0.717, 1.165) is 67.9 Å². The Morgan fingerprint density at radius 3 is 2.04 bits per heavy atom. The minimum atomic E-state index is 0.102. The van der Waals surface area contributed by atoms with Crippen LogP contribution < -0.4 is 0 Å². The van der Waals surface area contributed by atoms with E-state index in [9.17, 15) is 0 Å². The van der Waals surface area contributed by atoms with Crippen LogP contribution in [0.1, 0.15) is 208 Å². The maximum Gasteiger partial charge on any atom is 0.0936 e. The fourth-order valence-electron chi connectivity index (χ4n) is 13.9. The van der Waals surface area contributed by atoms with Gasteiger partial charge in [-0.3, -0.25) is 0 Å². The summed E-state index contributed by atoms with van der Waals surface area (Å²) >= 11 is 0. The number of nitrogens with zero attached hydrogens (tertiary/aromatic N) is 1. The lowest BCUT2D eigenvalue weighted by Gasteiger charge is -2.53. The largest absolute Gasteiger partial charge is 0.379 e. The second-order valence-electron chi connectivity index (χ2n) is 23.4. The lowest BCUT2D eigenvalue weighted by molar-refractivity contribution is -0.0568. The number of hydrogen-bond acceptors (Lipinski definition) is 7.